The fourth-order valence-corrected chi connectivity index (χ4v) is 5.09. The van der Waals surface area contributed by atoms with Crippen molar-refractivity contribution >= 4 is 27.5 Å². The van der Waals surface area contributed by atoms with Gasteiger partial charge in [-0.2, -0.15) is 0 Å². The normalized spacial score (nSPS) is 16.6. The number of fused-ring (bicyclic) bond motifs is 1. The first-order valence-corrected chi connectivity index (χ1v) is 11.5. The van der Waals surface area contributed by atoms with E-state index in [9.17, 15) is 4.79 Å². The maximum atomic E-state index is 12.9. The molecular weight excluding hydrogens is 392 g/mol. The highest BCUT2D eigenvalue weighted by molar-refractivity contribution is 7.18. The van der Waals surface area contributed by atoms with Crippen LogP contribution < -0.4 is 4.74 Å². The van der Waals surface area contributed by atoms with Crippen molar-refractivity contribution in [3.8, 4) is 5.75 Å². The minimum Gasteiger partial charge on any atom is -0.481 e. The lowest BCUT2D eigenvalue weighted by Crippen LogP contribution is -2.44. The van der Waals surface area contributed by atoms with Crippen molar-refractivity contribution in [2.45, 2.75) is 58.0 Å². The van der Waals surface area contributed by atoms with Crippen molar-refractivity contribution in [1.82, 2.24) is 9.88 Å². The Bertz CT molecular complexity index is 979. The number of hydrogen-bond donors (Lipinski definition) is 0. The number of ether oxygens (including phenoxy) is 1. The Morgan fingerprint density at radius 3 is 2.40 bits per heavy atom. The van der Waals surface area contributed by atoms with Gasteiger partial charge in [-0.15, -0.1) is 11.3 Å². The lowest BCUT2D eigenvalue weighted by Gasteiger charge is -2.32. The number of para-hydroxylation sites is 1. The predicted molar refractivity (Wildman–Crippen MR) is 123 cm³/mol. The van der Waals surface area contributed by atoms with Crippen molar-refractivity contribution < 1.29 is 9.53 Å². The standard InChI is InChI=1S/C25H30N2O2S/c1-17(29-20-11-9-19(10-12-20)25(2,3)4)24(28)27-15-13-18(14-16-27)23-26-21-7-5-6-8-22(21)30-23/h5-12,17-18H,13-16H2,1-4H3/t17-/m1/s1. The Labute approximate surface area is 182 Å². The summed E-state index contributed by atoms with van der Waals surface area (Å²) in [5.41, 5.74) is 2.44. The van der Waals surface area contributed by atoms with Gasteiger partial charge in [0.05, 0.1) is 15.2 Å². The Hall–Kier alpha value is -2.40. The second-order valence-corrected chi connectivity index (χ2v) is 10.2. The molecule has 1 saturated heterocycles. The van der Waals surface area contributed by atoms with Gasteiger partial charge in [-0.1, -0.05) is 45.0 Å². The first kappa shape index (κ1) is 20.9. The molecule has 158 valence electrons. The minimum absolute atomic E-state index is 0.0673. The van der Waals surface area contributed by atoms with Crippen LogP contribution in [-0.4, -0.2) is 35.0 Å². The van der Waals surface area contributed by atoms with Crippen LogP contribution in [0, 0.1) is 0 Å². The zero-order valence-corrected chi connectivity index (χ0v) is 19.0. The molecule has 0 spiro atoms. The number of nitrogens with zero attached hydrogens (tertiary/aromatic N) is 2. The van der Waals surface area contributed by atoms with E-state index in [4.69, 9.17) is 9.72 Å². The van der Waals surface area contributed by atoms with E-state index in [2.05, 4.69) is 51.1 Å². The van der Waals surface area contributed by atoms with Crippen LogP contribution in [-0.2, 0) is 10.2 Å². The Kier molecular flexibility index (Phi) is 5.83. The average Bonchev–Trinajstić information content (AvgIpc) is 3.17. The van der Waals surface area contributed by atoms with E-state index in [1.807, 2.05) is 30.0 Å². The van der Waals surface area contributed by atoms with Gasteiger partial charge < -0.3 is 9.64 Å². The molecule has 1 aliphatic rings. The lowest BCUT2D eigenvalue weighted by atomic mass is 9.87. The average molecular weight is 423 g/mol. The third-order valence-corrected chi connectivity index (χ3v) is 7.05. The van der Waals surface area contributed by atoms with Crippen LogP contribution in [0.25, 0.3) is 10.2 Å². The largest absolute Gasteiger partial charge is 0.481 e. The molecule has 4 rings (SSSR count). The molecule has 0 saturated carbocycles. The van der Waals surface area contributed by atoms with Crippen LogP contribution in [0.2, 0.25) is 0 Å². The SMILES string of the molecule is C[C@@H](Oc1ccc(C(C)(C)C)cc1)C(=O)N1CCC(c2nc3ccccc3s2)CC1. The summed E-state index contributed by atoms with van der Waals surface area (Å²) in [5.74, 6) is 1.25. The van der Waals surface area contributed by atoms with Crippen LogP contribution >= 0.6 is 11.3 Å². The van der Waals surface area contributed by atoms with Gasteiger partial charge in [0.1, 0.15) is 5.75 Å². The summed E-state index contributed by atoms with van der Waals surface area (Å²) < 4.78 is 7.19. The summed E-state index contributed by atoms with van der Waals surface area (Å²) in [4.78, 5) is 19.7. The molecular formula is C25H30N2O2S. The van der Waals surface area contributed by atoms with E-state index in [0.29, 0.717) is 5.92 Å². The highest BCUT2D eigenvalue weighted by Crippen LogP contribution is 2.34. The lowest BCUT2D eigenvalue weighted by molar-refractivity contribution is -0.139. The summed E-state index contributed by atoms with van der Waals surface area (Å²) in [5, 5.41) is 1.20. The number of amides is 1. The van der Waals surface area contributed by atoms with Crippen LogP contribution in [0.3, 0.4) is 0 Å². The molecule has 1 atom stereocenters. The van der Waals surface area contributed by atoms with Crippen molar-refractivity contribution in [2.24, 2.45) is 0 Å². The summed E-state index contributed by atoms with van der Waals surface area (Å²) in [6.07, 6.45) is 1.43. The number of benzene rings is 2. The van der Waals surface area contributed by atoms with Crippen LogP contribution in [0.5, 0.6) is 5.75 Å². The van der Waals surface area contributed by atoms with E-state index in [0.717, 1.165) is 37.2 Å². The van der Waals surface area contributed by atoms with Gasteiger partial charge in [0, 0.05) is 19.0 Å². The highest BCUT2D eigenvalue weighted by Gasteiger charge is 2.29. The van der Waals surface area contributed by atoms with E-state index >= 15 is 0 Å². The molecule has 1 fully saturated rings. The van der Waals surface area contributed by atoms with Crippen molar-refractivity contribution in [3.63, 3.8) is 0 Å². The van der Waals surface area contributed by atoms with Crippen molar-refractivity contribution in [2.75, 3.05) is 13.1 Å². The van der Waals surface area contributed by atoms with E-state index < -0.39 is 6.10 Å². The van der Waals surface area contributed by atoms with E-state index in [1.54, 1.807) is 11.3 Å². The van der Waals surface area contributed by atoms with Gasteiger partial charge in [-0.3, -0.25) is 4.79 Å². The fourth-order valence-electron chi connectivity index (χ4n) is 3.96. The van der Waals surface area contributed by atoms with Gasteiger partial charge in [0.15, 0.2) is 6.10 Å². The van der Waals surface area contributed by atoms with Crippen LogP contribution in [0.4, 0.5) is 0 Å². The zero-order chi connectivity index (χ0) is 21.3. The highest BCUT2D eigenvalue weighted by atomic mass is 32.1. The predicted octanol–water partition coefficient (Wildman–Crippen LogP) is 5.77. The van der Waals surface area contributed by atoms with Crippen molar-refractivity contribution in [3.05, 3.63) is 59.1 Å². The fraction of sp³-hybridized carbons (Fsp3) is 0.440. The molecule has 1 aromatic heterocycles. The number of carbonyl (C=O) groups excluding carboxylic acids is 1. The number of aromatic nitrogens is 1. The number of rotatable bonds is 4. The van der Waals surface area contributed by atoms with Gasteiger partial charge in [0.2, 0.25) is 0 Å². The molecule has 0 unspecified atom stereocenters. The zero-order valence-electron chi connectivity index (χ0n) is 18.2. The second kappa shape index (κ2) is 8.38. The molecule has 0 bridgehead atoms. The molecule has 0 aliphatic carbocycles. The van der Waals surface area contributed by atoms with Gasteiger partial charge in [-0.05, 0) is 55.0 Å². The molecule has 5 heteroatoms. The Morgan fingerprint density at radius 2 is 1.77 bits per heavy atom. The maximum absolute atomic E-state index is 12.9. The second-order valence-electron chi connectivity index (χ2n) is 9.15. The molecule has 4 nitrogen and oxygen atoms in total. The van der Waals surface area contributed by atoms with Gasteiger partial charge >= 0.3 is 0 Å². The van der Waals surface area contributed by atoms with Gasteiger partial charge in [0.25, 0.3) is 5.91 Å². The number of likely N-dealkylation sites (tertiary alicyclic amines) is 1. The molecule has 0 radical (unpaired) electrons. The molecule has 2 heterocycles. The topological polar surface area (TPSA) is 42.4 Å². The van der Waals surface area contributed by atoms with Crippen LogP contribution in [0.15, 0.2) is 48.5 Å². The molecule has 3 aromatic rings. The maximum Gasteiger partial charge on any atom is 0.263 e. The molecule has 2 aromatic carbocycles. The summed E-state index contributed by atoms with van der Waals surface area (Å²) in [7, 11) is 0. The number of piperidine rings is 1. The Balaban J connectivity index is 1.33. The van der Waals surface area contributed by atoms with E-state index in [1.165, 1.54) is 15.3 Å². The third-order valence-electron chi connectivity index (χ3n) is 5.85. The Morgan fingerprint density at radius 1 is 1.10 bits per heavy atom. The molecule has 30 heavy (non-hydrogen) atoms. The number of carbonyl (C=O) groups is 1. The minimum atomic E-state index is -0.482. The molecule has 1 aliphatic heterocycles. The first-order valence-electron chi connectivity index (χ1n) is 10.7. The van der Waals surface area contributed by atoms with E-state index in [-0.39, 0.29) is 11.3 Å². The first-order chi connectivity index (χ1) is 14.3. The summed E-state index contributed by atoms with van der Waals surface area (Å²) in [6, 6.07) is 16.4. The number of thiazole rings is 1. The van der Waals surface area contributed by atoms with Crippen molar-refractivity contribution in [1.29, 1.82) is 0 Å². The third kappa shape index (κ3) is 4.51. The van der Waals surface area contributed by atoms with Crippen LogP contribution in [0.1, 0.15) is 57.0 Å². The number of hydrogen-bond acceptors (Lipinski definition) is 4. The summed E-state index contributed by atoms with van der Waals surface area (Å²) >= 11 is 1.78. The molecule has 0 N–H and O–H groups in total. The monoisotopic (exact) mass is 422 g/mol. The smallest absolute Gasteiger partial charge is 0.263 e. The summed E-state index contributed by atoms with van der Waals surface area (Å²) in [6.45, 7) is 9.93. The van der Waals surface area contributed by atoms with Gasteiger partial charge in [-0.25, -0.2) is 4.98 Å². The molecule has 1 amide bonds. The quantitative estimate of drug-likeness (QED) is 0.536.